The number of aromatic nitrogens is 4. The van der Waals surface area contributed by atoms with E-state index >= 15 is 0 Å². The highest BCUT2D eigenvalue weighted by Gasteiger charge is 2.26. The van der Waals surface area contributed by atoms with Gasteiger partial charge in [0.05, 0.1) is 17.6 Å². The molecule has 0 saturated heterocycles. The maximum Gasteiger partial charge on any atom is 0.251 e. The van der Waals surface area contributed by atoms with Crippen molar-refractivity contribution in [1.29, 1.82) is 0 Å². The molecule has 0 spiro atoms. The zero-order valence-electron chi connectivity index (χ0n) is 9.90. The second-order valence-corrected chi connectivity index (χ2v) is 4.54. The average Bonchev–Trinajstić information content (AvgIpc) is 3.07. The lowest BCUT2D eigenvalue weighted by molar-refractivity contribution is 0.851. The molecular weight excluding hydrogens is 216 g/mol. The molecule has 0 aliphatic heterocycles. The summed E-state index contributed by atoms with van der Waals surface area (Å²) < 4.78 is 1.94. The van der Waals surface area contributed by atoms with Crippen molar-refractivity contribution in [3.05, 3.63) is 34.3 Å². The van der Waals surface area contributed by atoms with Crippen LogP contribution in [-0.4, -0.2) is 19.5 Å². The van der Waals surface area contributed by atoms with Crippen LogP contribution in [0.2, 0.25) is 0 Å². The van der Waals surface area contributed by atoms with Crippen molar-refractivity contribution >= 4 is 0 Å². The van der Waals surface area contributed by atoms with Crippen LogP contribution in [0.4, 0.5) is 0 Å². The first kappa shape index (κ1) is 10.3. The lowest BCUT2D eigenvalue weighted by Crippen LogP contribution is -2.11. The monoisotopic (exact) mass is 230 g/mol. The number of imidazole rings is 1. The number of aryl methyl sites for hydroxylation is 1. The maximum absolute atomic E-state index is 11.6. The van der Waals surface area contributed by atoms with Gasteiger partial charge in [-0.2, -0.15) is 0 Å². The number of nitrogens with zero attached hydrogens (tertiary/aromatic N) is 3. The minimum Gasteiger partial charge on any atom is -0.330 e. The van der Waals surface area contributed by atoms with Crippen molar-refractivity contribution in [2.75, 3.05) is 0 Å². The SMILES string of the molecule is Cc1ncc(-c2cc(=O)[nH]c(C3CC3)n2)n1C. The minimum atomic E-state index is -0.0873. The molecule has 3 rings (SSSR count). The van der Waals surface area contributed by atoms with Gasteiger partial charge in [0.2, 0.25) is 0 Å². The first-order valence-electron chi connectivity index (χ1n) is 5.75. The summed E-state index contributed by atoms with van der Waals surface area (Å²) in [6, 6.07) is 1.53. The van der Waals surface area contributed by atoms with E-state index in [0.717, 1.165) is 30.2 Å². The smallest absolute Gasteiger partial charge is 0.251 e. The fourth-order valence-electron chi connectivity index (χ4n) is 1.90. The molecule has 0 radical (unpaired) electrons. The molecule has 0 atom stereocenters. The number of hydrogen-bond acceptors (Lipinski definition) is 3. The lowest BCUT2D eigenvalue weighted by atomic mass is 10.3. The summed E-state index contributed by atoms with van der Waals surface area (Å²) in [5.41, 5.74) is 1.50. The molecule has 1 fully saturated rings. The van der Waals surface area contributed by atoms with Gasteiger partial charge in [0.1, 0.15) is 11.6 Å². The highest BCUT2D eigenvalue weighted by atomic mass is 16.1. The highest BCUT2D eigenvalue weighted by Crippen LogP contribution is 2.37. The first-order chi connectivity index (χ1) is 8.15. The van der Waals surface area contributed by atoms with Crippen LogP contribution in [0, 0.1) is 6.92 Å². The molecule has 2 heterocycles. The van der Waals surface area contributed by atoms with E-state index in [-0.39, 0.29) is 5.56 Å². The van der Waals surface area contributed by atoms with Gasteiger partial charge in [0, 0.05) is 19.0 Å². The fourth-order valence-corrected chi connectivity index (χ4v) is 1.90. The third-order valence-electron chi connectivity index (χ3n) is 3.21. The molecule has 1 aliphatic carbocycles. The normalized spacial score (nSPS) is 15.2. The molecule has 5 nitrogen and oxygen atoms in total. The number of H-pyrrole nitrogens is 1. The van der Waals surface area contributed by atoms with Gasteiger partial charge in [-0.25, -0.2) is 9.97 Å². The second kappa shape index (κ2) is 3.55. The van der Waals surface area contributed by atoms with Gasteiger partial charge in [-0.1, -0.05) is 0 Å². The van der Waals surface area contributed by atoms with E-state index < -0.39 is 0 Å². The van der Waals surface area contributed by atoms with Gasteiger partial charge in [-0.05, 0) is 19.8 Å². The largest absolute Gasteiger partial charge is 0.330 e. The van der Waals surface area contributed by atoms with Gasteiger partial charge >= 0.3 is 0 Å². The van der Waals surface area contributed by atoms with Gasteiger partial charge in [-0.3, -0.25) is 4.79 Å². The van der Waals surface area contributed by atoms with Crippen LogP contribution < -0.4 is 5.56 Å². The fraction of sp³-hybridized carbons (Fsp3) is 0.417. The van der Waals surface area contributed by atoms with Crippen molar-refractivity contribution in [3.63, 3.8) is 0 Å². The molecule has 88 valence electrons. The molecule has 0 aromatic carbocycles. The topological polar surface area (TPSA) is 63.6 Å². The summed E-state index contributed by atoms with van der Waals surface area (Å²) in [6.07, 6.45) is 4.00. The molecular formula is C12H14N4O. The summed E-state index contributed by atoms with van der Waals surface area (Å²) >= 11 is 0. The van der Waals surface area contributed by atoms with E-state index in [2.05, 4.69) is 15.0 Å². The number of aromatic amines is 1. The first-order valence-corrected chi connectivity index (χ1v) is 5.75. The molecule has 1 N–H and O–H groups in total. The Morgan fingerprint density at radius 3 is 2.82 bits per heavy atom. The van der Waals surface area contributed by atoms with Crippen LogP contribution >= 0.6 is 0 Å². The number of rotatable bonds is 2. The summed E-state index contributed by atoms with van der Waals surface area (Å²) in [5, 5.41) is 0. The third-order valence-corrected chi connectivity index (χ3v) is 3.21. The zero-order valence-corrected chi connectivity index (χ0v) is 9.90. The van der Waals surface area contributed by atoms with E-state index in [4.69, 9.17) is 0 Å². The zero-order chi connectivity index (χ0) is 12.0. The van der Waals surface area contributed by atoms with Gasteiger partial charge in [0.15, 0.2) is 0 Å². The molecule has 0 bridgehead atoms. The van der Waals surface area contributed by atoms with Crippen molar-refractivity contribution < 1.29 is 0 Å². The molecule has 5 heteroatoms. The van der Waals surface area contributed by atoms with Crippen LogP contribution in [0.1, 0.15) is 30.4 Å². The van der Waals surface area contributed by atoms with Crippen molar-refractivity contribution in [1.82, 2.24) is 19.5 Å². The molecule has 0 amide bonds. The standard InChI is InChI=1S/C12H14N4O/c1-7-13-6-10(16(7)2)9-5-11(17)15-12(14-9)8-3-4-8/h5-6,8H,3-4H2,1-2H3,(H,14,15,17). The molecule has 17 heavy (non-hydrogen) atoms. The van der Waals surface area contributed by atoms with Gasteiger partial charge in [0.25, 0.3) is 5.56 Å². The predicted molar refractivity (Wildman–Crippen MR) is 63.8 cm³/mol. The Bertz CT molecular complexity index is 622. The Morgan fingerprint density at radius 2 is 2.24 bits per heavy atom. The lowest BCUT2D eigenvalue weighted by Gasteiger charge is -2.04. The van der Waals surface area contributed by atoms with E-state index in [1.165, 1.54) is 6.07 Å². The van der Waals surface area contributed by atoms with Gasteiger partial charge in [-0.15, -0.1) is 0 Å². The highest BCUT2D eigenvalue weighted by molar-refractivity contribution is 5.53. The van der Waals surface area contributed by atoms with E-state index in [9.17, 15) is 4.79 Å². The van der Waals surface area contributed by atoms with Gasteiger partial charge < -0.3 is 9.55 Å². The number of nitrogens with one attached hydrogen (secondary N) is 1. The second-order valence-electron chi connectivity index (χ2n) is 4.54. The Labute approximate surface area is 98.5 Å². The summed E-state index contributed by atoms with van der Waals surface area (Å²) in [4.78, 5) is 23.2. The Balaban J connectivity index is 2.14. The maximum atomic E-state index is 11.6. The average molecular weight is 230 g/mol. The summed E-state index contributed by atoms with van der Waals surface area (Å²) in [6.45, 7) is 1.93. The van der Waals surface area contributed by atoms with Crippen molar-refractivity contribution in [2.24, 2.45) is 7.05 Å². The van der Waals surface area contributed by atoms with E-state index in [1.54, 1.807) is 6.20 Å². The van der Waals surface area contributed by atoms with E-state index in [1.807, 2.05) is 18.5 Å². The van der Waals surface area contributed by atoms with Crippen LogP contribution in [0.15, 0.2) is 17.1 Å². The minimum absolute atomic E-state index is 0.0873. The molecule has 1 saturated carbocycles. The van der Waals surface area contributed by atoms with Crippen LogP contribution in [-0.2, 0) is 7.05 Å². The van der Waals surface area contributed by atoms with Crippen LogP contribution in [0.3, 0.4) is 0 Å². The van der Waals surface area contributed by atoms with Crippen molar-refractivity contribution in [3.8, 4) is 11.4 Å². The Hall–Kier alpha value is -1.91. The van der Waals surface area contributed by atoms with Crippen LogP contribution in [0.25, 0.3) is 11.4 Å². The molecule has 2 aromatic heterocycles. The molecule has 0 unspecified atom stereocenters. The summed E-state index contributed by atoms with van der Waals surface area (Å²) in [5.74, 6) is 2.17. The molecule has 1 aliphatic rings. The predicted octanol–water partition coefficient (Wildman–Crippen LogP) is 1.36. The third kappa shape index (κ3) is 1.77. The molecule has 2 aromatic rings. The van der Waals surface area contributed by atoms with E-state index in [0.29, 0.717) is 11.6 Å². The Kier molecular flexibility index (Phi) is 2.14. The number of hydrogen-bond donors (Lipinski definition) is 1. The Morgan fingerprint density at radius 1 is 1.47 bits per heavy atom. The van der Waals surface area contributed by atoms with Crippen LogP contribution in [0.5, 0.6) is 0 Å². The van der Waals surface area contributed by atoms with Crippen molar-refractivity contribution in [2.45, 2.75) is 25.7 Å². The quantitative estimate of drug-likeness (QED) is 0.847. The summed E-state index contributed by atoms with van der Waals surface area (Å²) in [7, 11) is 1.93.